The molecule has 0 fully saturated rings. The Kier molecular flexibility index (Phi) is 4.75. The molecule has 0 amide bonds. The van der Waals surface area contributed by atoms with Crippen molar-refractivity contribution in [3.05, 3.63) is 17.5 Å². The average Bonchev–Trinajstić information content (AvgIpc) is 2.54. The molecule has 3 nitrogen and oxygen atoms in total. The van der Waals surface area contributed by atoms with Crippen molar-refractivity contribution in [2.75, 3.05) is 6.54 Å². The summed E-state index contributed by atoms with van der Waals surface area (Å²) < 4.78 is 2.01. The molecule has 0 saturated heterocycles. The van der Waals surface area contributed by atoms with Crippen LogP contribution in [-0.4, -0.2) is 22.4 Å². The van der Waals surface area contributed by atoms with E-state index in [4.69, 9.17) is 0 Å². The van der Waals surface area contributed by atoms with Crippen molar-refractivity contribution in [1.82, 2.24) is 15.1 Å². The van der Waals surface area contributed by atoms with Gasteiger partial charge < -0.3 is 5.32 Å². The average molecular weight is 237 g/mol. The number of hydrogen-bond acceptors (Lipinski definition) is 2. The third-order valence-electron chi connectivity index (χ3n) is 3.50. The highest BCUT2D eigenvalue weighted by Crippen LogP contribution is 2.26. The lowest BCUT2D eigenvalue weighted by atomic mass is 9.82. The summed E-state index contributed by atoms with van der Waals surface area (Å²) in [5, 5.41) is 7.97. The predicted molar refractivity (Wildman–Crippen MR) is 73.2 cm³/mol. The molecule has 1 aromatic heterocycles. The highest BCUT2D eigenvalue weighted by Gasteiger charge is 2.24. The van der Waals surface area contributed by atoms with Gasteiger partial charge in [0.15, 0.2) is 0 Å². The summed E-state index contributed by atoms with van der Waals surface area (Å²) in [5.41, 5.74) is 2.75. The van der Waals surface area contributed by atoms with Gasteiger partial charge in [-0.15, -0.1) is 0 Å². The molecular formula is C14H27N3. The molecular weight excluding hydrogens is 210 g/mol. The monoisotopic (exact) mass is 237 g/mol. The quantitative estimate of drug-likeness (QED) is 0.824. The van der Waals surface area contributed by atoms with Crippen LogP contribution in [0.15, 0.2) is 6.07 Å². The topological polar surface area (TPSA) is 29.9 Å². The minimum absolute atomic E-state index is 0.310. The van der Waals surface area contributed by atoms with E-state index in [0.29, 0.717) is 11.5 Å². The Morgan fingerprint density at radius 3 is 2.53 bits per heavy atom. The van der Waals surface area contributed by atoms with E-state index in [1.165, 1.54) is 12.1 Å². The van der Waals surface area contributed by atoms with Crippen LogP contribution in [0.25, 0.3) is 0 Å². The second-order valence-electron chi connectivity index (χ2n) is 5.78. The van der Waals surface area contributed by atoms with Crippen LogP contribution < -0.4 is 5.32 Å². The van der Waals surface area contributed by atoms with Crippen molar-refractivity contribution in [2.24, 2.45) is 12.5 Å². The van der Waals surface area contributed by atoms with Crippen molar-refractivity contribution in [3.63, 3.8) is 0 Å². The fraction of sp³-hybridized carbons (Fsp3) is 0.786. The van der Waals surface area contributed by atoms with Gasteiger partial charge in [0.1, 0.15) is 0 Å². The van der Waals surface area contributed by atoms with Crippen molar-refractivity contribution in [1.29, 1.82) is 0 Å². The zero-order valence-electron chi connectivity index (χ0n) is 12.2. The van der Waals surface area contributed by atoms with Gasteiger partial charge in [-0.3, -0.25) is 4.68 Å². The first kappa shape index (κ1) is 14.2. The van der Waals surface area contributed by atoms with Crippen molar-refractivity contribution >= 4 is 0 Å². The van der Waals surface area contributed by atoms with Gasteiger partial charge in [0.2, 0.25) is 0 Å². The number of aryl methyl sites for hydroxylation is 2. The van der Waals surface area contributed by atoms with Gasteiger partial charge in [0.05, 0.1) is 5.69 Å². The lowest BCUT2D eigenvalue weighted by molar-refractivity contribution is 0.275. The second kappa shape index (κ2) is 5.67. The van der Waals surface area contributed by atoms with E-state index in [2.05, 4.69) is 51.1 Å². The van der Waals surface area contributed by atoms with Gasteiger partial charge >= 0.3 is 0 Å². The van der Waals surface area contributed by atoms with Crippen LogP contribution in [0.2, 0.25) is 0 Å². The molecule has 0 aliphatic carbocycles. The van der Waals surface area contributed by atoms with Crippen LogP contribution in [0.1, 0.15) is 45.5 Å². The SMILES string of the molecule is CCC(C)(CNC(C)C)Cc1cc(C)nn1C. The Morgan fingerprint density at radius 1 is 1.47 bits per heavy atom. The first-order chi connectivity index (χ1) is 7.86. The Hall–Kier alpha value is -0.830. The number of nitrogens with zero attached hydrogens (tertiary/aromatic N) is 2. The minimum atomic E-state index is 0.310. The molecule has 3 heteroatoms. The molecule has 1 aromatic rings. The van der Waals surface area contributed by atoms with Gasteiger partial charge in [-0.2, -0.15) is 5.10 Å². The molecule has 1 rings (SSSR count). The number of hydrogen-bond donors (Lipinski definition) is 1. The number of aromatic nitrogens is 2. The van der Waals surface area contributed by atoms with Crippen LogP contribution in [-0.2, 0) is 13.5 Å². The van der Waals surface area contributed by atoms with Gasteiger partial charge in [-0.1, -0.05) is 27.7 Å². The van der Waals surface area contributed by atoms with Crippen molar-refractivity contribution in [3.8, 4) is 0 Å². The molecule has 1 unspecified atom stereocenters. The van der Waals surface area contributed by atoms with Gasteiger partial charge in [0, 0.05) is 25.3 Å². The summed E-state index contributed by atoms with van der Waals surface area (Å²) in [6, 6.07) is 2.75. The molecule has 17 heavy (non-hydrogen) atoms. The molecule has 1 N–H and O–H groups in total. The highest BCUT2D eigenvalue weighted by atomic mass is 15.3. The summed E-state index contributed by atoms with van der Waals surface area (Å²) in [6.07, 6.45) is 2.26. The number of rotatable bonds is 6. The minimum Gasteiger partial charge on any atom is -0.314 e. The van der Waals surface area contributed by atoms with E-state index < -0.39 is 0 Å². The van der Waals surface area contributed by atoms with E-state index in [9.17, 15) is 0 Å². The van der Waals surface area contributed by atoms with Crippen LogP contribution in [0, 0.1) is 12.3 Å². The molecule has 0 saturated carbocycles. The first-order valence-electron chi connectivity index (χ1n) is 6.59. The first-order valence-corrected chi connectivity index (χ1v) is 6.59. The zero-order valence-corrected chi connectivity index (χ0v) is 12.2. The molecule has 0 bridgehead atoms. The smallest absolute Gasteiger partial charge is 0.0596 e. The van der Waals surface area contributed by atoms with E-state index in [-0.39, 0.29) is 0 Å². The maximum Gasteiger partial charge on any atom is 0.0596 e. The van der Waals surface area contributed by atoms with Gasteiger partial charge in [0.25, 0.3) is 0 Å². The molecule has 0 aliphatic rings. The Bertz CT molecular complexity index is 354. The maximum absolute atomic E-state index is 4.42. The fourth-order valence-electron chi connectivity index (χ4n) is 2.03. The summed E-state index contributed by atoms with van der Waals surface area (Å²) in [6.45, 7) is 12.1. The Morgan fingerprint density at radius 2 is 2.12 bits per heavy atom. The molecule has 0 aliphatic heterocycles. The van der Waals surface area contributed by atoms with Gasteiger partial charge in [-0.25, -0.2) is 0 Å². The largest absolute Gasteiger partial charge is 0.314 e. The van der Waals surface area contributed by atoms with Crippen LogP contribution in [0.4, 0.5) is 0 Å². The summed E-state index contributed by atoms with van der Waals surface area (Å²) in [5.74, 6) is 0. The third kappa shape index (κ3) is 4.15. The third-order valence-corrected chi connectivity index (χ3v) is 3.50. The summed E-state index contributed by atoms with van der Waals surface area (Å²) in [4.78, 5) is 0. The highest BCUT2D eigenvalue weighted by molar-refractivity contribution is 5.10. The van der Waals surface area contributed by atoms with Crippen LogP contribution in [0.3, 0.4) is 0 Å². The van der Waals surface area contributed by atoms with E-state index in [1.807, 2.05) is 11.7 Å². The standard InChI is InChI=1S/C14H27N3/c1-7-14(5,10-15-11(2)3)9-13-8-12(4)16-17(13)6/h8,11,15H,7,9-10H2,1-6H3. The van der Waals surface area contributed by atoms with E-state index in [1.54, 1.807) is 0 Å². The second-order valence-corrected chi connectivity index (χ2v) is 5.78. The molecule has 0 spiro atoms. The molecule has 0 radical (unpaired) electrons. The molecule has 0 aromatic carbocycles. The van der Waals surface area contributed by atoms with Crippen molar-refractivity contribution in [2.45, 2.75) is 53.5 Å². The Labute approximate surface area is 106 Å². The normalized spacial score (nSPS) is 15.2. The predicted octanol–water partition coefficient (Wildman–Crippen LogP) is 2.69. The lowest BCUT2D eigenvalue weighted by Crippen LogP contribution is -2.37. The maximum atomic E-state index is 4.42. The lowest BCUT2D eigenvalue weighted by Gasteiger charge is -2.29. The number of nitrogens with one attached hydrogen (secondary N) is 1. The zero-order chi connectivity index (χ0) is 13.1. The van der Waals surface area contributed by atoms with Gasteiger partial charge in [-0.05, 0) is 31.2 Å². The molecule has 1 heterocycles. The summed E-state index contributed by atoms with van der Waals surface area (Å²) in [7, 11) is 2.04. The summed E-state index contributed by atoms with van der Waals surface area (Å²) >= 11 is 0. The van der Waals surface area contributed by atoms with Crippen molar-refractivity contribution < 1.29 is 0 Å². The molecule has 1 atom stereocenters. The molecule has 98 valence electrons. The van der Waals surface area contributed by atoms with E-state index in [0.717, 1.165) is 18.7 Å². The fourth-order valence-corrected chi connectivity index (χ4v) is 2.03. The Balaban J connectivity index is 2.71. The van der Waals surface area contributed by atoms with Crippen LogP contribution >= 0.6 is 0 Å². The van der Waals surface area contributed by atoms with E-state index >= 15 is 0 Å². The van der Waals surface area contributed by atoms with Crippen LogP contribution in [0.5, 0.6) is 0 Å².